The Bertz CT molecular complexity index is 666. The van der Waals surface area contributed by atoms with Crippen molar-refractivity contribution in [2.45, 2.75) is 23.8 Å². The molecule has 0 bridgehead atoms. The number of amides is 1. The summed E-state index contributed by atoms with van der Waals surface area (Å²) in [6, 6.07) is 5.22. The van der Waals surface area contributed by atoms with E-state index in [0.29, 0.717) is 38.8 Å². The van der Waals surface area contributed by atoms with Gasteiger partial charge < -0.3 is 10.2 Å². The van der Waals surface area contributed by atoms with Gasteiger partial charge in [-0.25, -0.2) is 12.8 Å². The molecule has 0 spiro atoms. The lowest BCUT2D eigenvalue weighted by Gasteiger charge is -2.31. The molecule has 8 heteroatoms. The zero-order valence-corrected chi connectivity index (χ0v) is 13.6. The Morgan fingerprint density at radius 2 is 1.83 bits per heavy atom. The van der Waals surface area contributed by atoms with Crippen molar-refractivity contribution in [1.29, 1.82) is 0 Å². The minimum Gasteiger partial charge on any atom is -0.348 e. The lowest BCUT2D eigenvalue weighted by atomic mass is 10.3. The first-order valence-corrected chi connectivity index (χ1v) is 9.28. The van der Waals surface area contributed by atoms with Gasteiger partial charge in [-0.2, -0.15) is 4.31 Å². The second kappa shape index (κ2) is 6.54. The van der Waals surface area contributed by atoms with E-state index in [2.05, 4.69) is 5.32 Å². The first kappa shape index (κ1) is 16.4. The van der Waals surface area contributed by atoms with Gasteiger partial charge in [0.05, 0.1) is 31.1 Å². The minimum atomic E-state index is -3.59. The zero-order valence-electron chi connectivity index (χ0n) is 12.8. The molecule has 2 N–H and O–H groups in total. The normalized spacial score (nSPS) is 20.4. The third-order valence-corrected chi connectivity index (χ3v) is 6.15. The van der Waals surface area contributed by atoms with Crippen molar-refractivity contribution >= 4 is 15.9 Å². The Hall–Kier alpha value is -1.51. The highest BCUT2D eigenvalue weighted by atomic mass is 32.2. The largest absolute Gasteiger partial charge is 0.348 e. The fraction of sp³-hybridized carbons (Fsp3) is 0.533. The lowest BCUT2D eigenvalue weighted by Crippen LogP contribution is -3.15. The molecule has 1 aromatic carbocycles. The first-order chi connectivity index (χ1) is 10.9. The molecule has 126 valence electrons. The standard InChI is InChI=1S/C15H20FN3O3S/c16-12-1-5-14(6-2-12)23(21,22)19-9-7-18(8-10-19)11-15(20)17-13-3-4-13/h1-2,5-6,13H,3-4,7-11H2,(H,17,20)/p+1. The van der Waals surface area contributed by atoms with Gasteiger partial charge in [0, 0.05) is 6.04 Å². The van der Waals surface area contributed by atoms with Crippen LogP contribution in [0.5, 0.6) is 0 Å². The molecule has 0 radical (unpaired) electrons. The van der Waals surface area contributed by atoms with E-state index >= 15 is 0 Å². The zero-order chi connectivity index (χ0) is 16.4. The predicted molar refractivity (Wildman–Crippen MR) is 81.9 cm³/mol. The summed E-state index contributed by atoms with van der Waals surface area (Å²) >= 11 is 0. The average molecular weight is 342 g/mol. The Kier molecular flexibility index (Phi) is 4.65. The molecule has 0 atom stereocenters. The van der Waals surface area contributed by atoms with Gasteiger partial charge in [0.2, 0.25) is 10.0 Å². The van der Waals surface area contributed by atoms with Crippen LogP contribution in [0.2, 0.25) is 0 Å². The van der Waals surface area contributed by atoms with Crippen LogP contribution in [0, 0.1) is 5.82 Å². The van der Waals surface area contributed by atoms with E-state index in [1.807, 2.05) is 0 Å². The molecule has 1 amide bonds. The van der Waals surface area contributed by atoms with Crippen LogP contribution >= 0.6 is 0 Å². The Balaban J connectivity index is 1.55. The molecule has 1 aliphatic heterocycles. The van der Waals surface area contributed by atoms with Crippen LogP contribution in [-0.2, 0) is 14.8 Å². The van der Waals surface area contributed by atoms with E-state index in [4.69, 9.17) is 0 Å². The summed E-state index contributed by atoms with van der Waals surface area (Å²) in [4.78, 5) is 13.0. The van der Waals surface area contributed by atoms with Crippen LogP contribution in [0.25, 0.3) is 0 Å². The molecule has 0 aromatic heterocycles. The number of quaternary nitrogens is 1. The molecular weight excluding hydrogens is 321 g/mol. The molecular formula is C15H21FN3O3S+. The van der Waals surface area contributed by atoms with Crippen molar-refractivity contribution in [2.75, 3.05) is 32.7 Å². The monoisotopic (exact) mass is 342 g/mol. The number of benzene rings is 1. The van der Waals surface area contributed by atoms with Gasteiger partial charge in [-0.1, -0.05) is 0 Å². The third kappa shape index (κ3) is 4.07. The molecule has 3 rings (SSSR count). The number of nitrogens with one attached hydrogen (secondary N) is 2. The SMILES string of the molecule is O=C(C[NH+]1CCN(S(=O)(=O)c2ccc(F)cc2)CC1)NC1CC1. The number of nitrogens with zero attached hydrogens (tertiary/aromatic N) is 1. The van der Waals surface area contributed by atoms with E-state index in [9.17, 15) is 17.6 Å². The number of piperazine rings is 1. The number of halogens is 1. The number of hydrogen-bond donors (Lipinski definition) is 2. The minimum absolute atomic E-state index is 0.0392. The highest BCUT2D eigenvalue weighted by Gasteiger charge is 2.32. The summed E-state index contributed by atoms with van der Waals surface area (Å²) < 4.78 is 39.3. The summed E-state index contributed by atoms with van der Waals surface area (Å²) in [5.41, 5.74) is 0. The molecule has 1 heterocycles. The van der Waals surface area contributed by atoms with E-state index < -0.39 is 15.8 Å². The van der Waals surface area contributed by atoms with E-state index in [1.165, 1.54) is 16.4 Å². The summed E-state index contributed by atoms with van der Waals surface area (Å²) in [6.07, 6.45) is 2.12. The van der Waals surface area contributed by atoms with Crippen LogP contribution in [0.1, 0.15) is 12.8 Å². The Morgan fingerprint density at radius 3 is 2.39 bits per heavy atom. The third-order valence-electron chi connectivity index (χ3n) is 4.23. The molecule has 1 aromatic rings. The topological polar surface area (TPSA) is 70.9 Å². The number of carbonyl (C=O) groups excluding carboxylic acids is 1. The van der Waals surface area contributed by atoms with Crippen molar-refractivity contribution < 1.29 is 22.5 Å². The molecule has 0 unspecified atom stereocenters. The predicted octanol–water partition coefficient (Wildman–Crippen LogP) is -1.01. The van der Waals surface area contributed by atoms with E-state index in [-0.39, 0.29) is 10.8 Å². The lowest BCUT2D eigenvalue weighted by molar-refractivity contribution is -0.895. The van der Waals surface area contributed by atoms with Gasteiger partial charge in [-0.15, -0.1) is 0 Å². The van der Waals surface area contributed by atoms with Crippen LogP contribution in [-0.4, -0.2) is 57.4 Å². The van der Waals surface area contributed by atoms with Crippen LogP contribution < -0.4 is 10.2 Å². The van der Waals surface area contributed by atoms with Crippen molar-refractivity contribution in [3.05, 3.63) is 30.1 Å². The quantitative estimate of drug-likeness (QED) is 0.721. The summed E-state index contributed by atoms with van der Waals surface area (Å²) in [5.74, 6) is -0.419. The smallest absolute Gasteiger partial charge is 0.275 e. The van der Waals surface area contributed by atoms with E-state index in [0.717, 1.165) is 29.9 Å². The van der Waals surface area contributed by atoms with Crippen molar-refractivity contribution in [2.24, 2.45) is 0 Å². The van der Waals surface area contributed by atoms with Crippen LogP contribution in [0.3, 0.4) is 0 Å². The van der Waals surface area contributed by atoms with Crippen LogP contribution in [0.4, 0.5) is 4.39 Å². The highest BCUT2D eigenvalue weighted by molar-refractivity contribution is 7.89. The van der Waals surface area contributed by atoms with Gasteiger partial charge in [0.1, 0.15) is 5.82 Å². The molecule has 23 heavy (non-hydrogen) atoms. The van der Waals surface area contributed by atoms with Crippen molar-refractivity contribution in [1.82, 2.24) is 9.62 Å². The molecule has 2 aliphatic rings. The summed E-state index contributed by atoms with van der Waals surface area (Å²) in [5, 5.41) is 2.95. The number of hydrogen-bond acceptors (Lipinski definition) is 3. The van der Waals surface area contributed by atoms with Gasteiger partial charge in [-0.05, 0) is 37.1 Å². The highest BCUT2D eigenvalue weighted by Crippen LogP contribution is 2.18. The van der Waals surface area contributed by atoms with Gasteiger partial charge in [-0.3, -0.25) is 4.79 Å². The second-order valence-corrected chi connectivity index (χ2v) is 8.06. The van der Waals surface area contributed by atoms with Crippen LogP contribution in [0.15, 0.2) is 29.2 Å². The molecule has 6 nitrogen and oxygen atoms in total. The molecule has 1 saturated carbocycles. The molecule has 1 aliphatic carbocycles. The van der Waals surface area contributed by atoms with E-state index in [1.54, 1.807) is 0 Å². The maximum atomic E-state index is 12.9. The number of rotatable bonds is 5. The van der Waals surface area contributed by atoms with Gasteiger partial charge in [0.25, 0.3) is 5.91 Å². The van der Waals surface area contributed by atoms with Crippen molar-refractivity contribution in [3.63, 3.8) is 0 Å². The summed E-state index contributed by atoms with van der Waals surface area (Å²) in [6.45, 7) is 2.31. The number of carbonyl (C=O) groups is 1. The maximum Gasteiger partial charge on any atom is 0.275 e. The molecule has 2 fully saturated rings. The second-order valence-electron chi connectivity index (χ2n) is 6.13. The fourth-order valence-electron chi connectivity index (χ4n) is 2.71. The number of sulfonamides is 1. The van der Waals surface area contributed by atoms with Gasteiger partial charge >= 0.3 is 0 Å². The summed E-state index contributed by atoms with van der Waals surface area (Å²) in [7, 11) is -3.59. The Morgan fingerprint density at radius 1 is 1.22 bits per heavy atom. The Labute approximate surface area is 135 Å². The molecule has 1 saturated heterocycles. The first-order valence-electron chi connectivity index (χ1n) is 7.84. The fourth-order valence-corrected chi connectivity index (χ4v) is 4.15. The van der Waals surface area contributed by atoms with Crippen molar-refractivity contribution in [3.8, 4) is 0 Å². The average Bonchev–Trinajstić information content (AvgIpc) is 3.32. The maximum absolute atomic E-state index is 12.9. The van der Waals surface area contributed by atoms with Gasteiger partial charge in [0.15, 0.2) is 6.54 Å².